The van der Waals surface area contributed by atoms with Crippen molar-refractivity contribution < 1.29 is 28.5 Å². The molecule has 0 aromatic heterocycles. The first kappa shape index (κ1) is 20.5. The van der Waals surface area contributed by atoms with Crippen molar-refractivity contribution in [3.8, 4) is 11.5 Å². The van der Waals surface area contributed by atoms with Gasteiger partial charge in [-0.05, 0) is 30.2 Å². The number of fused-ring (bicyclic) bond motifs is 1. The van der Waals surface area contributed by atoms with Gasteiger partial charge in [0, 0.05) is 18.9 Å². The number of esters is 2. The van der Waals surface area contributed by atoms with Crippen LogP contribution in [0.15, 0.2) is 66.0 Å². The first-order valence-corrected chi connectivity index (χ1v) is 9.81. The molecule has 0 spiro atoms. The molecule has 0 atom stereocenters. The highest BCUT2D eigenvalue weighted by atomic mass is 16.7. The van der Waals surface area contributed by atoms with Crippen molar-refractivity contribution in [2.75, 3.05) is 21.0 Å². The Bertz CT molecular complexity index is 1040. The Morgan fingerprint density at radius 2 is 1.55 bits per heavy atom. The predicted octanol–water partition coefficient (Wildman–Crippen LogP) is 3.44. The molecule has 7 nitrogen and oxygen atoms in total. The summed E-state index contributed by atoms with van der Waals surface area (Å²) in [7, 11) is 2.64. The molecule has 2 aromatic rings. The van der Waals surface area contributed by atoms with E-state index in [4.69, 9.17) is 18.9 Å². The third-order valence-corrected chi connectivity index (χ3v) is 5.29. The van der Waals surface area contributed by atoms with E-state index in [2.05, 4.69) is 0 Å². The van der Waals surface area contributed by atoms with E-state index in [1.54, 1.807) is 35.5 Å². The van der Waals surface area contributed by atoms with Crippen LogP contribution >= 0.6 is 0 Å². The third kappa shape index (κ3) is 4.12. The van der Waals surface area contributed by atoms with Crippen LogP contribution in [-0.4, -0.2) is 37.9 Å². The molecule has 0 radical (unpaired) electrons. The van der Waals surface area contributed by atoms with Crippen LogP contribution in [-0.2, 0) is 25.6 Å². The first-order valence-electron chi connectivity index (χ1n) is 9.81. The minimum absolute atomic E-state index is 0.132. The van der Waals surface area contributed by atoms with Crippen LogP contribution in [0.5, 0.6) is 11.5 Å². The maximum Gasteiger partial charge on any atom is 0.336 e. The molecule has 0 saturated carbocycles. The summed E-state index contributed by atoms with van der Waals surface area (Å²) in [5, 5.41) is 0. The molecule has 0 saturated heterocycles. The van der Waals surface area contributed by atoms with Crippen LogP contribution in [0, 0.1) is 6.92 Å². The van der Waals surface area contributed by atoms with Crippen LogP contribution in [0.3, 0.4) is 0 Å². The SMILES string of the molecule is COC(=O)C1=CN(Cc2ccc(C)cc2)C=C(C(=O)OC)C1c1ccc2c(c1)OCO2. The van der Waals surface area contributed by atoms with Crippen LogP contribution in [0.25, 0.3) is 0 Å². The first-order chi connectivity index (χ1) is 15.0. The van der Waals surface area contributed by atoms with Gasteiger partial charge in [0.25, 0.3) is 0 Å². The van der Waals surface area contributed by atoms with E-state index in [0.29, 0.717) is 34.8 Å². The van der Waals surface area contributed by atoms with Gasteiger partial charge in [0.05, 0.1) is 31.3 Å². The van der Waals surface area contributed by atoms with Crippen LogP contribution in [0.2, 0.25) is 0 Å². The van der Waals surface area contributed by atoms with E-state index in [1.807, 2.05) is 31.2 Å². The van der Waals surface area contributed by atoms with Gasteiger partial charge in [0.1, 0.15) is 0 Å². The van der Waals surface area contributed by atoms with Gasteiger partial charge in [-0.2, -0.15) is 0 Å². The Hall–Kier alpha value is -3.74. The number of carbonyl (C=O) groups excluding carboxylic acids is 2. The van der Waals surface area contributed by atoms with E-state index >= 15 is 0 Å². The van der Waals surface area contributed by atoms with E-state index in [-0.39, 0.29) is 6.79 Å². The Balaban J connectivity index is 1.76. The van der Waals surface area contributed by atoms with Crippen molar-refractivity contribution >= 4 is 11.9 Å². The number of nitrogens with zero attached hydrogens (tertiary/aromatic N) is 1. The predicted molar refractivity (Wildman–Crippen MR) is 112 cm³/mol. The Labute approximate surface area is 180 Å². The van der Waals surface area contributed by atoms with E-state index < -0.39 is 17.9 Å². The van der Waals surface area contributed by atoms with Crippen molar-refractivity contribution in [2.45, 2.75) is 19.4 Å². The van der Waals surface area contributed by atoms with Gasteiger partial charge in [0.2, 0.25) is 6.79 Å². The van der Waals surface area contributed by atoms with Gasteiger partial charge in [-0.15, -0.1) is 0 Å². The largest absolute Gasteiger partial charge is 0.466 e. The smallest absolute Gasteiger partial charge is 0.336 e. The molecule has 2 heterocycles. The van der Waals surface area contributed by atoms with Crippen molar-refractivity contribution in [2.24, 2.45) is 0 Å². The molecular weight excluding hydrogens is 398 g/mol. The summed E-state index contributed by atoms with van der Waals surface area (Å²) in [6.45, 7) is 2.63. The number of hydrogen-bond acceptors (Lipinski definition) is 7. The number of methoxy groups -OCH3 is 2. The highest BCUT2D eigenvalue weighted by molar-refractivity contribution is 5.98. The third-order valence-electron chi connectivity index (χ3n) is 5.29. The minimum atomic E-state index is -0.663. The number of ether oxygens (including phenoxy) is 4. The maximum atomic E-state index is 12.7. The maximum absolute atomic E-state index is 12.7. The van der Waals surface area contributed by atoms with Crippen molar-refractivity contribution in [3.05, 3.63) is 82.7 Å². The monoisotopic (exact) mass is 421 g/mol. The summed E-state index contributed by atoms with van der Waals surface area (Å²) < 4.78 is 20.9. The van der Waals surface area contributed by atoms with Crippen molar-refractivity contribution in [1.29, 1.82) is 0 Å². The standard InChI is InChI=1S/C24H23NO6/c1-15-4-6-16(7-5-15)11-25-12-18(23(26)28-2)22(19(13-25)24(27)29-3)17-8-9-20-21(10-17)31-14-30-20/h4-10,12-13,22H,11,14H2,1-3H3. The van der Waals surface area contributed by atoms with E-state index in [0.717, 1.165) is 11.1 Å². The second-order valence-corrected chi connectivity index (χ2v) is 7.36. The molecular formula is C24H23NO6. The van der Waals surface area contributed by atoms with Gasteiger partial charge < -0.3 is 23.8 Å². The molecule has 7 heteroatoms. The fourth-order valence-electron chi connectivity index (χ4n) is 3.74. The van der Waals surface area contributed by atoms with Gasteiger partial charge >= 0.3 is 11.9 Å². The minimum Gasteiger partial charge on any atom is -0.466 e. The lowest BCUT2D eigenvalue weighted by atomic mass is 9.83. The molecule has 0 amide bonds. The molecule has 0 N–H and O–H groups in total. The topological polar surface area (TPSA) is 74.3 Å². The number of rotatable bonds is 5. The molecule has 31 heavy (non-hydrogen) atoms. The number of carbonyl (C=O) groups is 2. The number of hydrogen-bond donors (Lipinski definition) is 0. The van der Waals surface area contributed by atoms with E-state index in [1.165, 1.54) is 14.2 Å². The molecule has 0 fully saturated rings. The summed E-state index contributed by atoms with van der Waals surface area (Å²) >= 11 is 0. The molecule has 160 valence electrons. The Morgan fingerprint density at radius 3 is 2.16 bits per heavy atom. The van der Waals surface area contributed by atoms with Gasteiger partial charge in [-0.3, -0.25) is 0 Å². The molecule has 4 rings (SSSR count). The zero-order valence-electron chi connectivity index (χ0n) is 17.6. The summed E-state index contributed by atoms with van der Waals surface area (Å²) in [6.07, 6.45) is 3.43. The lowest BCUT2D eigenvalue weighted by Gasteiger charge is -2.30. The van der Waals surface area contributed by atoms with Crippen molar-refractivity contribution in [3.63, 3.8) is 0 Å². The quantitative estimate of drug-likeness (QED) is 0.685. The number of benzene rings is 2. The van der Waals surface area contributed by atoms with Gasteiger partial charge in [0.15, 0.2) is 11.5 Å². The lowest BCUT2D eigenvalue weighted by molar-refractivity contribution is -0.137. The highest BCUT2D eigenvalue weighted by Crippen LogP contribution is 2.41. The fraction of sp³-hybridized carbons (Fsp3) is 0.250. The molecule has 0 unspecified atom stereocenters. The van der Waals surface area contributed by atoms with Gasteiger partial charge in [-0.25, -0.2) is 9.59 Å². The molecule has 2 aliphatic heterocycles. The summed E-state index contributed by atoms with van der Waals surface area (Å²) in [4.78, 5) is 27.3. The zero-order chi connectivity index (χ0) is 22.0. The second kappa shape index (κ2) is 8.55. The fourth-order valence-corrected chi connectivity index (χ4v) is 3.74. The molecule has 2 aromatic carbocycles. The Kier molecular flexibility index (Phi) is 5.66. The zero-order valence-corrected chi connectivity index (χ0v) is 17.6. The average Bonchev–Trinajstić information content (AvgIpc) is 3.27. The van der Waals surface area contributed by atoms with Crippen molar-refractivity contribution in [1.82, 2.24) is 4.90 Å². The summed E-state index contributed by atoms with van der Waals surface area (Å²) in [5.74, 6) is -0.526. The van der Waals surface area contributed by atoms with E-state index in [9.17, 15) is 9.59 Å². The normalized spacial score (nSPS) is 15.3. The Morgan fingerprint density at radius 1 is 0.935 bits per heavy atom. The van der Waals surface area contributed by atoms with Gasteiger partial charge in [-0.1, -0.05) is 35.9 Å². The van der Waals surface area contributed by atoms with Crippen LogP contribution < -0.4 is 9.47 Å². The second-order valence-electron chi connectivity index (χ2n) is 7.36. The molecule has 2 aliphatic rings. The summed E-state index contributed by atoms with van der Waals surface area (Å²) in [5.41, 5.74) is 3.55. The number of aryl methyl sites for hydroxylation is 1. The lowest BCUT2D eigenvalue weighted by Crippen LogP contribution is -2.28. The van der Waals surface area contributed by atoms with Crippen LogP contribution in [0.1, 0.15) is 22.6 Å². The average molecular weight is 421 g/mol. The molecule has 0 bridgehead atoms. The summed E-state index contributed by atoms with van der Waals surface area (Å²) in [6, 6.07) is 13.4. The molecule has 0 aliphatic carbocycles. The van der Waals surface area contributed by atoms with Crippen LogP contribution in [0.4, 0.5) is 0 Å². The highest BCUT2D eigenvalue weighted by Gasteiger charge is 2.36.